The third-order valence-electron chi connectivity index (χ3n) is 2.96. The maximum atomic E-state index is 11.9. The largest absolute Gasteiger partial charge is 0.395 e. The SMILES string of the molecule is CC(C)Cn1c(=O)[nH]c(=O)c2c1nc(NCCO)n2C. The molecule has 2 heterocycles. The predicted molar refractivity (Wildman–Crippen MR) is 76.0 cm³/mol. The first-order chi connectivity index (χ1) is 9.45. The van der Waals surface area contributed by atoms with Crippen LogP contribution in [0.15, 0.2) is 9.59 Å². The van der Waals surface area contributed by atoms with E-state index in [-0.39, 0.29) is 12.5 Å². The van der Waals surface area contributed by atoms with Gasteiger partial charge in [-0.3, -0.25) is 14.3 Å². The summed E-state index contributed by atoms with van der Waals surface area (Å²) in [5, 5.41) is 11.8. The summed E-state index contributed by atoms with van der Waals surface area (Å²) >= 11 is 0. The molecule has 8 nitrogen and oxygen atoms in total. The van der Waals surface area contributed by atoms with Gasteiger partial charge in [-0.05, 0) is 5.92 Å². The molecule has 20 heavy (non-hydrogen) atoms. The fourth-order valence-electron chi connectivity index (χ4n) is 2.11. The number of hydrogen-bond acceptors (Lipinski definition) is 5. The summed E-state index contributed by atoms with van der Waals surface area (Å²) < 4.78 is 3.05. The molecule has 0 aromatic carbocycles. The van der Waals surface area contributed by atoms with Gasteiger partial charge in [0.15, 0.2) is 11.2 Å². The maximum absolute atomic E-state index is 11.9. The van der Waals surface area contributed by atoms with E-state index < -0.39 is 11.2 Å². The minimum absolute atomic E-state index is 0.0433. The highest BCUT2D eigenvalue weighted by Crippen LogP contribution is 2.14. The van der Waals surface area contributed by atoms with Crippen molar-refractivity contribution in [1.82, 2.24) is 19.1 Å². The molecule has 3 N–H and O–H groups in total. The number of anilines is 1. The molecule has 0 fully saturated rings. The first kappa shape index (κ1) is 14.3. The third kappa shape index (κ3) is 2.46. The number of aromatic amines is 1. The summed E-state index contributed by atoms with van der Waals surface area (Å²) in [4.78, 5) is 30.5. The number of aromatic nitrogens is 4. The first-order valence-electron chi connectivity index (χ1n) is 6.50. The van der Waals surface area contributed by atoms with Crippen LogP contribution in [-0.4, -0.2) is 37.4 Å². The Morgan fingerprint density at radius 2 is 2.10 bits per heavy atom. The molecule has 0 atom stereocenters. The van der Waals surface area contributed by atoms with Crippen LogP contribution in [0.1, 0.15) is 13.8 Å². The average Bonchev–Trinajstić information content (AvgIpc) is 2.69. The zero-order chi connectivity index (χ0) is 14.9. The molecule has 8 heteroatoms. The number of H-pyrrole nitrogens is 1. The fourth-order valence-corrected chi connectivity index (χ4v) is 2.11. The summed E-state index contributed by atoms with van der Waals surface area (Å²) in [6.45, 7) is 4.72. The van der Waals surface area contributed by atoms with Crippen molar-refractivity contribution in [3.8, 4) is 0 Å². The second-order valence-corrected chi connectivity index (χ2v) is 5.08. The van der Waals surface area contributed by atoms with Crippen LogP contribution in [0.4, 0.5) is 5.95 Å². The summed E-state index contributed by atoms with van der Waals surface area (Å²) in [6, 6.07) is 0. The van der Waals surface area contributed by atoms with Gasteiger partial charge in [0.2, 0.25) is 5.95 Å². The van der Waals surface area contributed by atoms with E-state index in [9.17, 15) is 9.59 Å². The van der Waals surface area contributed by atoms with Crippen molar-refractivity contribution in [1.29, 1.82) is 0 Å². The molecule has 0 aliphatic carbocycles. The summed E-state index contributed by atoms with van der Waals surface area (Å²) in [5.74, 6) is 0.695. The second-order valence-electron chi connectivity index (χ2n) is 5.08. The van der Waals surface area contributed by atoms with Crippen molar-refractivity contribution in [2.24, 2.45) is 13.0 Å². The Balaban J connectivity index is 2.68. The highest BCUT2D eigenvalue weighted by molar-refractivity contribution is 5.74. The Morgan fingerprint density at radius 3 is 2.70 bits per heavy atom. The predicted octanol–water partition coefficient (Wildman–Crippen LogP) is -0.516. The summed E-state index contributed by atoms with van der Waals surface area (Å²) in [5.41, 5.74) is -0.221. The zero-order valence-corrected chi connectivity index (χ0v) is 11.8. The van der Waals surface area contributed by atoms with Gasteiger partial charge in [-0.25, -0.2) is 4.79 Å². The van der Waals surface area contributed by atoms with E-state index in [1.54, 1.807) is 11.6 Å². The van der Waals surface area contributed by atoms with Crippen molar-refractivity contribution in [2.45, 2.75) is 20.4 Å². The van der Waals surface area contributed by atoms with Crippen LogP contribution in [-0.2, 0) is 13.6 Å². The number of fused-ring (bicyclic) bond motifs is 1. The van der Waals surface area contributed by atoms with Gasteiger partial charge in [-0.1, -0.05) is 13.8 Å². The first-order valence-corrected chi connectivity index (χ1v) is 6.50. The zero-order valence-electron chi connectivity index (χ0n) is 11.8. The number of aliphatic hydroxyl groups excluding tert-OH is 1. The lowest BCUT2D eigenvalue weighted by atomic mass is 10.2. The maximum Gasteiger partial charge on any atom is 0.330 e. The molecule has 0 bridgehead atoms. The molecule has 2 aromatic heterocycles. The average molecular weight is 281 g/mol. The molecule has 0 aliphatic rings. The van der Waals surface area contributed by atoms with Crippen LogP contribution < -0.4 is 16.6 Å². The van der Waals surface area contributed by atoms with Crippen molar-refractivity contribution in [2.75, 3.05) is 18.5 Å². The van der Waals surface area contributed by atoms with Crippen molar-refractivity contribution < 1.29 is 5.11 Å². The van der Waals surface area contributed by atoms with Gasteiger partial charge in [0, 0.05) is 20.1 Å². The number of imidazole rings is 1. The topological polar surface area (TPSA) is 105 Å². The highest BCUT2D eigenvalue weighted by atomic mass is 16.3. The lowest BCUT2D eigenvalue weighted by Gasteiger charge is -2.08. The van der Waals surface area contributed by atoms with E-state index in [1.807, 2.05) is 13.8 Å². The third-order valence-corrected chi connectivity index (χ3v) is 2.96. The second kappa shape index (κ2) is 5.49. The summed E-state index contributed by atoms with van der Waals surface area (Å²) in [6.07, 6.45) is 0. The van der Waals surface area contributed by atoms with Gasteiger partial charge in [0.05, 0.1) is 6.61 Å². The number of aryl methyl sites for hydroxylation is 1. The van der Waals surface area contributed by atoms with Crippen LogP contribution in [0.2, 0.25) is 0 Å². The Kier molecular flexibility index (Phi) is 3.93. The van der Waals surface area contributed by atoms with Gasteiger partial charge in [-0.2, -0.15) is 4.98 Å². The molecule has 0 spiro atoms. The van der Waals surface area contributed by atoms with Crippen LogP contribution >= 0.6 is 0 Å². The monoisotopic (exact) mass is 281 g/mol. The van der Waals surface area contributed by atoms with E-state index in [0.717, 1.165) is 0 Å². The van der Waals surface area contributed by atoms with Gasteiger partial charge in [0.1, 0.15) is 0 Å². The van der Waals surface area contributed by atoms with E-state index in [4.69, 9.17) is 5.11 Å². The highest BCUT2D eigenvalue weighted by Gasteiger charge is 2.16. The van der Waals surface area contributed by atoms with Crippen LogP contribution in [0.25, 0.3) is 11.2 Å². The standard InChI is InChI=1S/C12H19N5O3/c1-7(2)6-17-9-8(10(19)15-12(17)20)16(3)11(14-9)13-4-5-18/h7,18H,4-6H2,1-3H3,(H,13,14)(H,15,19,20). The van der Waals surface area contributed by atoms with Gasteiger partial charge in [-0.15, -0.1) is 0 Å². The fraction of sp³-hybridized carbons (Fsp3) is 0.583. The van der Waals surface area contributed by atoms with E-state index in [2.05, 4.69) is 15.3 Å². The Labute approximate surface area is 115 Å². The van der Waals surface area contributed by atoms with Crippen molar-refractivity contribution >= 4 is 17.1 Å². The molecule has 110 valence electrons. The van der Waals surface area contributed by atoms with Crippen LogP contribution in [0.5, 0.6) is 0 Å². The van der Waals surface area contributed by atoms with E-state index >= 15 is 0 Å². The van der Waals surface area contributed by atoms with Crippen LogP contribution in [0, 0.1) is 5.92 Å². The van der Waals surface area contributed by atoms with E-state index in [1.165, 1.54) is 4.57 Å². The van der Waals surface area contributed by atoms with Crippen LogP contribution in [0.3, 0.4) is 0 Å². The normalized spacial score (nSPS) is 11.4. The Morgan fingerprint density at radius 1 is 1.40 bits per heavy atom. The molecular weight excluding hydrogens is 262 g/mol. The molecule has 0 radical (unpaired) electrons. The molecule has 0 saturated carbocycles. The molecule has 0 aliphatic heterocycles. The van der Waals surface area contributed by atoms with Gasteiger partial charge < -0.3 is 15.0 Å². The molecule has 2 rings (SSSR count). The minimum Gasteiger partial charge on any atom is -0.395 e. The molecule has 2 aromatic rings. The number of nitrogens with zero attached hydrogens (tertiary/aromatic N) is 3. The lowest BCUT2D eigenvalue weighted by molar-refractivity contribution is 0.310. The smallest absolute Gasteiger partial charge is 0.330 e. The minimum atomic E-state index is -0.461. The van der Waals surface area contributed by atoms with Gasteiger partial charge >= 0.3 is 5.69 Å². The van der Waals surface area contributed by atoms with Crippen molar-refractivity contribution in [3.63, 3.8) is 0 Å². The molecule has 0 unspecified atom stereocenters. The Hall–Kier alpha value is -2.09. The number of aliphatic hydroxyl groups is 1. The molecular formula is C12H19N5O3. The number of hydrogen-bond donors (Lipinski definition) is 3. The van der Waals surface area contributed by atoms with Crippen molar-refractivity contribution in [3.05, 3.63) is 20.8 Å². The van der Waals surface area contributed by atoms with E-state index in [0.29, 0.717) is 30.2 Å². The number of nitrogens with one attached hydrogen (secondary N) is 2. The lowest BCUT2D eigenvalue weighted by Crippen LogP contribution is -2.32. The quantitative estimate of drug-likeness (QED) is 0.684. The van der Waals surface area contributed by atoms with Gasteiger partial charge in [0.25, 0.3) is 5.56 Å². The molecule has 0 saturated heterocycles. The summed E-state index contributed by atoms with van der Waals surface area (Å²) in [7, 11) is 1.69. The Bertz CT molecular complexity index is 725. The number of rotatable bonds is 5. The molecule has 0 amide bonds.